The van der Waals surface area contributed by atoms with Gasteiger partial charge in [0.15, 0.2) is 0 Å². The Balaban J connectivity index is 2.08. The number of hydrogen-bond acceptors (Lipinski definition) is 3. The van der Waals surface area contributed by atoms with Crippen molar-refractivity contribution in [1.29, 1.82) is 0 Å². The summed E-state index contributed by atoms with van der Waals surface area (Å²) in [6.07, 6.45) is 8.96. The van der Waals surface area contributed by atoms with Gasteiger partial charge in [-0.25, -0.2) is 0 Å². The van der Waals surface area contributed by atoms with Crippen molar-refractivity contribution in [2.24, 2.45) is 17.3 Å². The van der Waals surface area contributed by atoms with Crippen molar-refractivity contribution in [2.45, 2.75) is 70.8 Å². The molecule has 0 aromatic rings. The Bertz CT molecular complexity index is 319. The maximum Gasteiger partial charge on any atom is 0.311 e. The summed E-state index contributed by atoms with van der Waals surface area (Å²) < 4.78 is 4.91. The molecule has 1 spiro atoms. The van der Waals surface area contributed by atoms with Crippen molar-refractivity contribution in [3.8, 4) is 0 Å². The SMILES string of the molecule is COC(=O)C(C(C)C)C1(O)CCC2(CCCC2)CC1. The second-order valence-electron chi connectivity index (χ2n) is 7.06. The van der Waals surface area contributed by atoms with E-state index in [2.05, 4.69) is 0 Å². The predicted octanol–water partition coefficient (Wildman–Crippen LogP) is 3.30. The third-order valence-corrected chi connectivity index (χ3v) is 5.54. The average Bonchev–Trinajstić information content (AvgIpc) is 2.82. The van der Waals surface area contributed by atoms with Gasteiger partial charge in [-0.3, -0.25) is 4.79 Å². The fraction of sp³-hybridized carbons (Fsp3) is 0.938. The summed E-state index contributed by atoms with van der Waals surface area (Å²) in [6.45, 7) is 4.00. The lowest BCUT2D eigenvalue weighted by Crippen LogP contribution is -2.49. The molecular weight excluding hydrogens is 240 g/mol. The van der Waals surface area contributed by atoms with Crippen molar-refractivity contribution in [3.63, 3.8) is 0 Å². The topological polar surface area (TPSA) is 46.5 Å². The number of ether oxygens (including phenoxy) is 1. The van der Waals surface area contributed by atoms with Gasteiger partial charge in [0.05, 0.1) is 18.6 Å². The molecule has 3 heteroatoms. The lowest BCUT2D eigenvalue weighted by atomic mass is 9.62. The van der Waals surface area contributed by atoms with E-state index in [4.69, 9.17) is 4.74 Å². The third-order valence-electron chi connectivity index (χ3n) is 5.54. The van der Waals surface area contributed by atoms with E-state index < -0.39 is 5.60 Å². The van der Waals surface area contributed by atoms with Crippen molar-refractivity contribution in [1.82, 2.24) is 0 Å². The highest BCUT2D eigenvalue weighted by Crippen LogP contribution is 2.53. The van der Waals surface area contributed by atoms with E-state index in [0.29, 0.717) is 5.41 Å². The Kier molecular flexibility index (Phi) is 4.24. The summed E-state index contributed by atoms with van der Waals surface area (Å²) in [7, 11) is 1.42. The third kappa shape index (κ3) is 2.81. The maximum absolute atomic E-state index is 12.0. The molecule has 2 rings (SSSR count). The number of hydrogen-bond donors (Lipinski definition) is 1. The van der Waals surface area contributed by atoms with E-state index in [0.717, 1.165) is 25.7 Å². The van der Waals surface area contributed by atoms with Crippen LogP contribution in [0, 0.1) is 17.3 Å². The van der Waals surface area contributed by atoms with Gasteiger partial charge >= 0.3 is 5.97 Å². The van der Waals surface area contributed by atoms with Crippen molar-refractivity contribution < 1.29 is 14.6 Å². The highest BCUT2D eigenvalue weighted by Gasteiger charge is 2.50. The Labute approximate surface area is 116 Å². The summed E-state index contributed by atoms with van der Waals surface area (Å²) in [4.78, 5) is 12.0. The molecule has 0 radical (unpaired) electrons. The van der Waals surface area contributed by atoms with Crippen LogP contribution in [0.1, 0.15) is 65.2 Å². The Morgan fingerprint density at radius 1 is 1.05 bits per heavy atom. The first kappa shape index (κ1) is 14.8. The van der Waals surface area contributed by atoms with Crippen molar-refractivity contribution in [3.05, 3.63) is 0 Å². The minimum Gasteiger partial charge on any atom is -0.469 e. The van der Waals surface area contributed by atoms with Gasteiger partial charge < -0.3 is 9.84 Å². The van der Waals surface area contributed by atoms with Gasteiger partial charge in [-0.15, -0.1) is 0 Å². The molecule has 2 fully saturated rings. The van der Waals surface area contributed by atoms with Gasteiger partial charge in [-0.1, -0.05) is 26.7 Å². The molecule has 0 bridgehead atoms. The monoisotopic (exact) mass is 268 g/mol. The first-order valence-corrected chi connectivity index (χ1v) is 7.73. The molecule has 0 amide bonds. The van der Waals surface area contributed by atoms with Crippen LogP contribution in [-0.4, -0.2) is 23.8 Å². The van der Waals surface area contributed by atoms with Crippen LogP contribution >= 0.6 is 0 Å². The van der Waals surface area contributed by atoms with E-state index in [1.165, 1.54) is 32.8 Å². The fourth-order valence-corrected chi connectivity index (χ4v) is 4.39. The summed E-state index contributed by atoms with van der Waals surface area (Å²) in [5, 5.41) is 10.9. The quantitative estimate of drug-likeness (QED) is 0.799. The lowest BCUT2D eigenvalue weighted by molar-refractivity contribution is -0.165. The van der Waals surface area contributed by atoms with Crippen LogP contribution < -0.4 is 0 Å². The van der Waals surface area contributed by atoms with E-state index >= 15 is 0 Å². The summed E-state index contributed by atoms with van der Waals surface area (Å²) in [6, 6.07) is 0. The second kappa shape index (κ2) is 5.43. The van der Waals surface area contributed by atoms with E-state index in [9.17, 15) is 9.90 Å². The first-order valence-electron chi connectivity index (χ1n) is 7.73. The summed E-state index contributed by atoms with van der Waals surface area (Å²) in [5.74, 6) is -0.508. The number of carbonyl (C=O) groups is 1. The molecule has 3 nitrogen and oxygen atoms in total. The minimum atomic E-state index is -0.852. The molecule has 110 valence electrons. The van der Waals surface area contributed by atoms with Crippen LogP contribution in [-0.2, 0) is 9.53 Å². The molecule has 19 heavy (non-hydrogen) atoms. The number of aliphatic hydroxyl groups is 1. The van der Waals surface area contributed by atoms with Crippen molar-refractivity contribution in [2.75, 3.05) is 7.11 Å². The zero-order valence-corrected chi connectivity index (χ0v) is 12.6. The number of methoxy groups -OCH3 is 1. The molecule has 1 atom stereocenters. The molecule has 0 aromatic heterocycles. The summed E-state index contributed by atoms with van der Waals surface area (Å²) >= 11 is 0. The normalized spacial score (nSPS) is 26.6. The largest absolute Gasteiger partial charge is 0.469 e. The highest BCUT2D eigenvalue weighted by molar-refractivity contribution is 5.74. The smallest absolute Gasteiger partial charge is 0.311 e. The zero-order chi connectivity index (χ0) is 14.1. The van der Waals surface area contributed by atoms with Gasteiger partial charge in [0, 0.05) is 0 Å². The first-order chi connectivity index (χ1) is 8.92. The van der Waals surface area contributed by atoms with Gasteiger partial charge in [0.25, 0.3) is 0 Å². The fourth-order valence-electron chi connectivity index (χ4n) is 4.39. The zero-order valence-electron chi connectivity index (χ0n) is 12.6. The molecule has 1 unspecified atom stereocenters. The van der Waals surface area contributed by atoms with E-state index in [1.807, 2.05) is 13.8 Å². The standard InChI is InChI=1S/C16H28O3/c1-12(2)13(14(17)19-3)16(18)10-8-15(9-11-16)6-4-5-7-15/h12-13,18H,4-11H2,1-3H3. The number of rotatable bonds is 3. The maximum atomic E-state index is 12.0. The molecule has 0 aliphatic heterocycles. The molecule has 2 aliphatic carbocycles. The minimum absolute atomic E-state index is 0.120. The van der Waals surface area contributed by atoms with Gasteiger partial charge in [-0.2, -0.15) is 0 Å². The van der Waals surface area contributed by atoms with Gasteiger partial charge in [0.1, 0.15) is 0 Å². The van der Waals surface area contributed by atoms with Crippen LogP contribution in [0.3, 0.4) is 0 Å². The van der Waals surface area contributed by atoms with E-state index in [-0.39, 0.29) is 17.8 Å². The van der Waals surface area contributed by atoms with Crippen LogP contribution in [0.5, 0.6) is 0 Å². The molecular formula is C16H28O3. The molecule has 2 saturated carbocycles. The van der Waals surface area contributed by atoms with Gasteiger partial charge in [-0.05, 0) is 49.9 Å². The van der Waals surface area contributed by atoms with E-state index in [1.54, 1.807) is 0 Å². The lowest BCUT2D eigenvalue weighted by Gasteiger charge is -2.46. The number of esters is 1. The highest BCUT2D eigenvalue weighted by atomic mass is 16.5. The molecule has 0 saturated heterocycles. The molecule has 0 heterocycles. The Hall–Kier alpha value is -0.570. The van der Waals surface area contributed by atoms with Crippen LogP contribution in [0.4, 0.5) is 0 Å². The predicted molar refractivity (Wildman–Crippen MR) is 74.7 cm³/mol. The Morgan fingerprint density at radius 2 is 1.58 bits per heavy atom. The molecule has 1 N–H and O–H groups in total. The number of carbonyl (C=O) groups excluding carboxylic acids is 1. The molecule has 0 aromatic carbocycles. The van der Waals surface area contributed by atoms with Crippen LogP contribution in [0.15, 0.2) is 0 Å². The van der Waals surface area contributed by atoms with Crippen LogP contribution in [0.25, 0.3) is 0 Å². The van der Waals surface area contributed by atoms with Crippen molar-refractivity contribution >= 4 is 5.97 Å². The Morgan fingerprint density at radius 3 is 2.00 bits per heavy atom. The van der Waals surface area contributed by atoms with Gasteiger partial charge in [0.2, 0.25) is 0 Å². The molecule has 2 aliphatic rings. The second-order valence-corrected chi connectivity index (χ2v) is 7.06. The van der Waals surface area contributed by atoms with Crippen LogP contribution in [0.2, 0.25) is 0 Å². The average molecular weight is 268 g/mol. The summed E-state index contributed by atoms with van der Waals surface area (Å²) in [5.41, 5.74) is -0.376.